The molecule has 0 aliphatic carbocycles. The molecule has 1 N–H and O–H groups in total. The second-order valence-corrected chi connectivity index (χ2v) is 5.96. The van der Waals surface area contributed by atoms with E-state index in [-0.39, 0.29) is 0 Å². The SMILES string of the molecule is COc1ccc(Cl)cc1COc1ccc(Br)cc1[C@H](C)O. The first-order valence-corrected chi connectivity index (χ1v) is 7.61. The summed E-state index contributed by atoms with van der Waals surface area (Å²) < 4.78 is 12.0. The molecule has 0 bridgehead atoms. The lowest BCUT2D eigenvalue weighted by molar-refractivity contribution is 0.189. The molecule has 0 fully saturated rings. The van der Waals surface area contributed by atoms with Crippen molar-refractivity contribution in [3.63, 3.8) is 0 Å². The van der Waals surface area contributed by atoms with E-state index in [1.165, 1.54) is 0 Å². The zero-order valence-electron chi connectivity index (χ0n) is 11.8. The van der Waals surface area contributed by atoms with Crippen molar-refractivity contribution in [3.8, 4) is 11.5 Å². The molecule has 0 aliphatic rings. The average molecular weight is 372 g/mol. The first-order valence-electron chi connectivity index (χ1n) is 6.44. The van der Waals surface area contributed by atoms with Gasteiger partial charge in [0.05, 0.1) is 13.2 Å². The number of methoxy groups -OCH3 is 1. The van der Waals surface area contributed by atoms with E-state index in [1.807, 2.05) is 18.2 Å². The molecule has 0 heterocycles. The van der Waals surface area contributed by atoms with Gasteiger partial charge in [-0.05, 0) is 43.3 Å². The van der Waals surface area contributed by atoms with Crippen LogP contribution < -0.4 is 9.47 Å². The fraction of sp³-hybridized carbons (Fsp3) is 0.250. The number of halogens is 2. The molecule has 0 aliphatic heterocycles. The summed E-state index contributed by atoms with van der Waals surface area (Å²) >= 11 is 9.39. The Morgan fingerprint density at radius 1 is 1.19 bits per heavy atom. The van der Waals surface area contributed by atoms with Crippen molar-refractivity contribution in [1.29, 1.82) is 0 Å². The highest BCUT2D eigenvalue weighted by molar-refractivity contribution is 9.10. The lowest BCUT2D eigenvalue weighted by Gasteiger charge is -2.15. The summed E-state index contributed by atoms with van der Waals surface area (Å²) in [6.45, 7) is 2.01. The zero-order valence-corrected chi connectivity index (χ0v) is 14.1. The standard InChI is InChI=1S/C16H16BrClO3/c1-10(19)14-8-12(17)3-5-16(14)21-9-11-7-13(18)4-6-15(11)20-2/h3-8,10,19H,9H2,1-2H3/t10-/m0/s1. The van der Waals surface area contributed by atoms with Crippen molar-refractivity contribution in [2.75, 3.05) is 7.11 Å². The van der Waals surface area contributed by atoms with Gasteiger partial charge < -0.3 is 14.6 Å². The van der Waals surface area contributed by atoms with Gasteiger partial charge in [-0.3, -0.25) is 0 Å². The van der Waals surface area contributed by atoms with E-state index in [2.05, 4.69) is 15.9 Å². The van der Waals surface area contributed by atoms with E-state index >= 15 is 0 Å². The van der Waals surface area contributed by atoms with Gasteiger partial charge in [-0.15, -0.1) is 0 Å². The second-order valence-electron chi connectivity index (χ2n) is 4.60. The van der Waals surface area contributed by atoms with E-state index in [9.17, 15) is 5.11 Å². The maximum atomic E-state index is 9.82. The van der Waals surface area contributed by atoms with Gasteiger partial charge in [0.25, 0.3) is 0 Å². The predicted molar refractivity (Wildman–Crippen MR) is 87.1 cm³/mol. The van der Waals surface area contributed by atoms with Crippen molar-refractivity contribution in [2.45, 2.75) is 19.6 Å². The van der Waals surface area contributed by atoms with Gasteiger partial charge in [-0.25, -0.2) is 0 Å². The summed E-state index contributed by atoms with van der Waals surface area (Å²) in [4.78, 5) is 0. The fourth-order valence-corrected chi connectivity index (χ4v) is 2.57. The molecule has 2 aromatic carbocycles. The third kappa shape index (κ3) is 4.13. The molecule has 0 unspecified atom stereocenters. The Bertz CT molecular complexity index is 629. The summed E-state index contributed by atoms with van der Waals surface area (Å²) in [6.07, 6.45) is -0.612. The highest BCUT2D eigenvalue weighted by Crippen LogP contribution is 2.30. The topological polar surface area (TPSA) is 38.7 Å². The van der Waals surface area contributed by atoms with E-state index in [4.69, 9.17) is 21.1 Å². The minimum absolute atomic E-state index is 0.311. The van der Waals surface area contributed by atoms with Gasteiger partial charge in [0, 0.05) is 20.6 Å². The minimum Gasteiger partial charge on any atom is -0.496 e. The molecule has 0 aromatic heterocycles. The number of aliphatic hydroxyl groups excluding tert-OH is 1. The first-order chi connectivity index (χ1) is 10.0. The molecule has 0 saturated heterocycles. The van der Waals surface area contributed by atoms with Crippen molar-refractivity contribution in [3.05, 3.63) is 57.0 Å². The van der Waals surface area contributed by atoms with Crippen molar-refractivity contribution >= 4 is 27.5 Å². The molecular weight excluding hydrogens is 356 g/mol. The van der Waals surface area contributed by atoms with Gasteiger partial charge in [-0.2, -0.15) is 0 Å². The number of ether oxygens (including phenoxy) is 2. The molecule has 0 saturated carbocycles. The van der Waals surface area contributed by atoms with Crippen LogP contribution in [0.3, 0.4) is 0 Å². The van der Waals surface area contributed by atoms with Crippen LogP contribution >= 0.6 is 27.5 Å². The van der Waals surface area contributed by atoms with Gasteiger partial charge >= 0.3 is 0 Å². The van der Waals surface area contributed by atoms with E-state index < -0.39 is 6.10 Å². The third-order valence-electron chi connectivity index (χ3n) is 3.05. The average Bonchev–Trinajstić information content (AvgIpc) is 2.46. The maximum Gasteiger partial charge on any atom is 0.125 e. The maximum absolute atomic E-state index is 9.82. The van der Waals surface area contributed by atoms with Crippen LogP contribution in [0.15, 0.2) is 40.9 Å². The zero-order chi connectivity index (χ0) is 15.4. The Kier molecular flexibility index (Phi) is 5.51. The lowest BCUT2D eigenvalue weighted by Crippen LogP contribution is -2.02. The van der Waals surface area contributed by atoms with E-state index in [0.717, 1.165) is 21.3 Å². The van der Waals surface area contributed by atoms with Crippen molar-refractivity contribution < 1.29 is 14.6 Å². The number of benzene rings is 2. The molecule has 1 atom stereocenters. The summed E-state index contributed by atoms with van der Waals surface area (Å²) in [6, 6.07) is 10.9. The van der Waals surface area contributed by atoms with Gasteiger partial charge in [0.2, 0.25) is 0 Å². The normalized spacial score (nSPS) is 12.0. The monoisotopic (exact) mass is 370 g/mol. The minimum atomic E-state index is -0.612. The molecule has 3 nitrogen and oxygen atoms in total. The molecule has 2 aromatic rings. The molecule has 2 rings (SSSR count). The van der Waals surface area contributed by atoms with Crippen LogP contribution in [0.5, 0.6) is 11.5 Å². The van der Waals surface area contributed by atoms with Crippen LogP contribution in [0.1, 0.15) is 24.2 Å². The van der Waals surface area contributed by atoms with Crippen molar-refractivity contribution in [1.82, 2.24) is 0 Å². The lowest BCUT2D eigenvalue weighted by atomic mass is 10.1. The molecule has 0 amide bonds. The Labute approximate surface area is 137 Å². The van der Waals surface area contributed by atoms with Crippen LogP contribution in [0.25, 0.3) is 0 Å². The smallest absolute Gasteiger partial charge is 0.125 e. The Morgan fingerprint density at radius 3 is 2.57 bits per heavy atom. The fourth-order valence-electron chi connectivity index (χ4n) is 1.99. The highest BCUT2D eigenvalue weighted by atomic mass is 79.9. The summed E-state index contributed by atoms with van der Waals surface area (Å²) in [5.74, 6) is 1.35. The number of hydrogen-bond donors (Lipinski definition) is 1. The molecule has 21 heavy (non-hydrogen) atoms. The number of rotatable bonds is 5. The largest absolute Gasteiger partial charge is 0.496 e. The molecule has 0 radical (unpaired) electrons. The summed E-state index contributed by atoms with van der Waals surface area (Å²) in [5.41, 5.74) is 1.58. The Balaban J connectivity index is 2.22. The second kappa shape index (κ2) is 7.16. The van der Waals surface area contributed by atoms with Gasteiger partial charge in [-0.1, -0.05) is 27.5 Å². The van der Waals surface area contributed by atoms with E-state index in [1.54, 1.807) is 32.2 Å². The van der Waals surface area contributed by atoms with Crippen LogP contribution in [0.2, 0.25) is 5.02 Å². The molecule has 0 spiro atoms. The molecule has 112 valence electrons. The first kappa shape index (κ1) is 16.1. The summed E-state index contributed by atoms with van der Waals surface area (Å²) in [7, 11) is 1.60. The number of aliphatic hydroxyl groups is 1. The summed E-state index contributed by atoms with van der Waals surface area (Å²) in [5, 5.41) is 10.5. The quantitative estimate of drug-likeness (QED) is 0.825. The predicted octanol–water partition coefficient (Wildman–Crippen LogP) is 4.74. The van der Waals surface area contributed by atoms with Crippen molar-refractivity contribution in [2.24, 2.45) is 0 Å². The van der Waals surface area contributed by atoms with Crippen LogP contribution in [0, 0.1) is 0 Å². The third-order valence-corrected chi connectivity index (χ3v) is 3.78. The number of hydrogen-bond acceptors (Lipinski definition) is 3. The molecule has 5 heteroatoms. The van der Waals surface area contributed by atoms with Crippen LogP contribution in [-0.4, -0.2) is 12.2 Å². The Morgan fingerprint density at radius 2 is 1.90 bits per heavy atom. The highest BCUT2D eigenvalue weighted by Gasteiger charge is 2.11. The molecular formula is C16H16BrClO3. The van der Waals surface area contributed by atoms with Crippen LogP contribution in [-0.2, 0) is 6.61 Å². The van der Waals surface area contributed by atoms with Gasteiger partial charge in [0.15, 0.2) is 0 Å². The van der Waals surface area contributed by atoms with E-state index in [0.29, 0.717) is 17.4 Å². The van der Waals surface area contributed by atoms with Crippen LogP contribution in [0.4, 0.5) is 0 Å². The Hall–Kier alpha value is -1.23. The van der Waals surface area contributed by atoms with Gasteiger partial charge in [0.1, 0.15) is 18.1 Å².